The number of thiazole rings is 1. The van der Waals surface area contributed by atoms with Gasteiger partial charge in [0.1, 0.15) is 15.8 Å². The number of Topliss-reactive ketones (excluding diaryl/α,β-unsaturated/α-hetero) is 1. The Balaban J connectivity index is 1.15. The van der Waals surface area contributed by atoms with E-state index in [9.17, 15) is 18.0 Å². The molecule has 0 N–H and O–H groups in total. The number of aryl methyl sites for hydroxylation is 2. The summed E-state index contributed by atoms with van der Waals surface area (Å²) in [6.07, 6.45) is 2.76. The lowest BCUT2D eigenvalue weighted by Crippen LogP contribution is -2.32. The summed E-state index contributed by atoms with van der Waals surface area (Å²) in [6.45, 7) is 4.64. The number of hydrogen-bond donors (Lipinski definition) is 0. The number of alkyl halides is 3. The van der Waals surface area contributed by atoms with Crippen molar-refractivity contribution >= 4 is 28.5 Å². The molecule has 1 saturated carbocycles. The number of carbonyl (C=O) groups excluding carboxylic acids is 1. The Labute approximate surface area is 200 Å². The highest BCUT2D eigenvalue weighted by Gasteiger charge is 2.29. The molecule has 0 aromatic carbocycles. The van der Waals surface area contributed by atoms with Crippen molar-refractivity contribution in [3.05, 3.63) is 25.6 Å². The van der Waals surface area contributed by atoms with Gasteiger partial charge in [0.05, 0.1) is 17.1 Å². The molecule has 3 heterocycles. The highest BCUT2D eigenvalue weighted by molar-refractivity contribution is 7.11. The second-order valence-electron chi connectivity index (χ2n) is 9.43. The van der Waals surface area contributed by atoms with Gasteiger partial charge >= 0.3 is 6.18 Å². The molecule has 1 aliphatic heterocycles. The van der Waals surface area contributed by atoms with Gasteiger partial charge in [0.25, 0.3) is 0 Å². The Morgan fingerprint density at radius 2 is 1.85 bits per heavy atom. The third-order valence-corrected chi connectivity index (χ3v) is 8.78. The molecule has 33 heavy (non-hydrogen) atoms. The van der Waals surface area contributed by atoms with Gasteiger partial charge < -0.3 is 0 Å². The number of ketones is 1. The second kappa shape index (κ2) is 10.9. The minimum Gasteiger partial charge on any atom is -0.299 e. The Morgan fingerprint density at radius 3 is 2.55 bits per heavy atom. The van der Waals surface area contributed by atoms with Crippen LogP contribution in [0.4, 0.5) is 13.2 Å². The summed E-state index contributed by atoms with van der Waals surface area (Å²) in [5.41, 5.74) is 0.983. The van der Waals surface area contributed by atoms with Crippen molar-refractivity contribution in [1.29, 1.82) is 0 Å². The van der Waals surface area contributed by atoms with Crippen molar-refractivity contribution in [2.24, 2.45) is 11.8 Å². The molecular formula is C23H31F3N4OS2. The largest absolute Gasteiger partial charge is 0.389 e. The number of fused-ring (bicyclic) bond motifs is 1. The summed E-state index contributed by atoms with van der Waals surface area (Å²) in [5, 5.41) is 10.4. The molecular weight excluding hydrogens is 469 g/mol. The van der Waals surface area contributed by atoms with E-state index in [-0.39, 0.29) is 12.2 Å². The van der Waals surface area contributed by atoms with Crippen molar-refractivity contribution in [2.75, 3.05) is 13.1 Å². The van der Waals surface area contributed by atoms with E-state index in [1.807, 2.05) is 6.92 Å². The third-order valence-electron chi connectivity index (χ3n) is 6.73. The average molecular weight is 501 g/mol. The number of nitrogens with zero attached hydrogens (tertiary/aromatic N) is 4. The molecule has 1 aliphatic carbocycles. The Kier molecular flexibility index (Phi) is 8.17. The number of rotatable bonds is 9. The van der Waals surface area contributed by atoms with E-state index >= 15 is 0 Å². The number of halogens is 3. The van der Waals surface area contributed by atoms with Gasteiger partial charge in [0, 0.05) is 37.2 Å². The Bertz CT molecular complexity index is 935. The molecule has 0 saturated heterocycles. The van der Waals surface area contributed by atoms with E-state index in [0.29, 0.717) is 29.7 Å². The van der Waals surface area contributed by atoms with Crippen LogP contribution in [-0.2, 0) is 30.6 Å². The quantitative estimate of drug-likeness (QED) is 0.452. The molecule has 0 unspecified atom stereocenters. The minimum atomic E-state index is -4.12. The molecule has 0 spiro atoms. The standard InChI is InChI=1S/C23H31F3N4OS2/c1-15-28-29-22(32-15)13-18(31)12-17-4-2-16(3-5-17)7-10-30-11-8-20-19(14-30)27-21(33-20)6-9-23(24,25)26/h16-17H,2-14H2,1H3. The van der Waals surface area contributed by atoms with Gasteiger partial charge in [-0.15, -0.1) is 32.9 Å². The zero-order valence-corrected chi connectivity index (χ0v) is 20.6. The van der Waals surface area contributed by atoms with Crippen molar-refractivity contribution in [3.63, 3.8) is 0 Å². The second-order valence-corrected chi connectivity index (χ2v) is 11.9. The summed E-state index contributed by atoms with van der Waals surface area (Å²) in [4.78, 5) is 20.4. The normalized spacial score (nSPS) is 21.8. The first kappa shape index (κ1) is 24.7. The van der Waals surface area contributed by atoms with Gasteiger partial charge in [-0.25, -0.2) is 4.98 Å². The molecule has 10 heteroatoms. The zero-order valence-electron chi connectivity index (χ0n) is 19.0. The molecule has 4 rings (SSSR count). The maximum atomic E-state index is 12.5. The van der Waals surface area contributed by atoms with Crippen LogP contribution in [0.1, 0.15) is 70.5 Å². The third kappa shape index (κ3) is 7.55. The van der Waals surface area contributed by atoms with Crippen LogP contribution in [0.5, 0.6) is 0 Å². The number of aromatic nitrogens is 3. The average Bonchev–Trinajstić information content (AvgIpc) is 3.36. The smallest absolute Gasteiger partial charge is 0.299 e. The van der Waals surface area contributed by atoms with Gasteiger partial charge in [-0.1, -0.05) is 12.8 Å². The Hall–Kier alpha value is -1.39. The van der Waals surface area contributed by atoms with Crippen LogP contribution in [0.15, 0.2) is 0 Å². The Morgan fingerprint density at radius 1 is 1.09 bits per heavy atom. The lowest BCUT2D eigenvalue weighted by atomic mass is 9.78. The fourth-order valence-corrected chi connectivity index (χ4v) is 6.72. The first-order chi connectivity index (χ1) is 15.7. The summed E-state index contributed by atoms with van der Waals surface area (Å²) in [5.74, 6) is 1.46. The lowest BCUT2D eigenvalue weighted by molar-refractivity contribution is -0.134. The molecule has 5 nitrogen and oxygen atoms in total. The molecule has 0 amide bonds. The van der Waals surface area contributed by atoms with Crippen molar-refractivity contribution < 1.29 is 18.0 Å². The maximum Gasteiger partial charge on any atom is 0.389 e. The summed E-state index contributed by atoms with van der Waals surface area (Å²) in [7, 11) is 0. The van der Waals surface area contributed by atoms with E-state index in [1.165, 1.54) is 35.5 Å². The first-order valence-electron chi connectivity index (χ1n) is 11.8. The zero-order chi connectivity index (χ0) is 23.4. The van der Waals surface area contributed by atoms with E-state index in [1.54, 1.807) is 0 Å². The van der Waals surface area contributed by atoms with Crippen LogP contribution in [0.2, 0.25) is 0 Å². The van der Waals surface area contributed by atoms with Crippen LogP contribution in [0.3, 0.4) is 0 Å². The minimum absolute atomic E-state index is 0.00667. The van der Waals surface area contributed by atoms with Gasteiger partial charge in [-0.2, -0.15) is 13.2 Å². The maximum absolute atomic E-state index is 12.5. The molecule has 0 bridgehead atoms. The monoisotopic (exact) mass is 500 g/mol. The van der Waals surface area contributed by atoms with Gasteiger partial charge in [0.15, 0.2) is 0 Å². The van der Waals surface area contributed by atoms with Crippen LogP contribution >= 0.6 is 22.7 Å². The topological polar surface area (TPSA) is 59.0 Å². The molecule has 182 valence electrons. The molecule has 2 aromatic heterocycles. The van der Waals surface area contributed by atoms with Gasteiger partial charge in [-0.3, -0.25) is 9.69 Å². The SMILES string of the molecule is Cc1nnc(CC(=O)CC2CCC(CCN3CCc4sc(CCC(F)(F)F)nc4C3)CC2)s1. The first-order valence-corrected chi connectivity index (χ1v) is 13.4. The van der Waals surface area contributed by atoms with Crippen molar-refractivity contribution in [2.45, 2.75) is 83.9 Å². The van der Waals surface area contributed by atoms with Crippen molar-refractivity contribution in [1.82, 2.24) is 20.1 Å². The van der Waals surface area contributed by atoms with E-state index in [2.05, 4.69) is 20.1 Å². The number of hydrogen-bond acceptors (Lipinski definition) is 7. The van der Waals surface area contributed by atoms with Crippen LogP contribution in [0, 0.1) is 18.8 Å². The van der Waals surface area contributed by atoms with Crippen LogP contribution in [0.25, 0.3) is 0 Å². The highest BCUT2D eigenvalue weighted by Crippen LogP contribution is 2.34. The predicted molar refractivity (Wildman–Crippen MR) is 124 cm³/mol. The number of carbonyl (C=O) groups is 1. The molecule has 0 radical (unpaired) electrons. The fourth-order valence-electron chi connectivity index (χ4n) is 4.91. The summed E-state index contributed by atoms with van der Waals surface area (Å²) in [6, 6.07) is 0. The summed E-state index contributed by atoms with van der Waals surface area (Å²) >= 11 is 2.96. The van der Waals surface area contributed by atoms with E-state index in [4.69, 9.17) is 0 Å². The molecule has 2 aliphatic rings. The van der Waals surface area contributed by atoms with Gasteiger partial charge in [-0.05, 0) is 51.0 Å². The highest BCUT2D eigenvalue weighted by atomic mass is 32.1. The van der Waals surface area contributed by atoms with E-state index < -0.39 is 12.6 Å². The van der Waals surface area contributed by atoms with Crippen LogP contribution < -0.4 is 0 Å². The van der Waals surface area contributed by atoms with Crippen LogP contribution in [-0.4, -0.2) is 45.1 Å². The van der Waals surface area contributed by atoms with Crippen molar-refractivity contribution in [3.8, 4) is 0 Å². The molecule has 1 fully saturated rings. The molecule has 2 aromatic rings. The van der Waals surface area contributed by atoms with Gasteiger partial charge in [0.2, 0.25) is 0 Å². The predicted octanol–water partition coefficient (Wildman–Crippen LogP) is 5.55. The molecule has 0 atom stereocenters. The van der Waals surface area contributed by atoms with E-state index in [0.717, 1.165) is 65.9 Å². The summed E-state index contributed by atoms with van der Waals surface area (Å²) < 4.78 is 37.5. The fraction of sp³-hybridized carbons (Fsp3) is 0.739. The lowest BCUT2D eigenvalue weighted by Gasteiger charge is -2.31.